The molecule has 0 saturated carbocycles. The zero-order valence-electron chi connectivity index (χ0n) is 36.4. The van der Waals surface area contributed by atoms with Crippen LogP contribution in [0.3, 0.4) is 0 Å². The fraction of sp³-hybridized carbons (Fsp3) is 0.0161. The predicted molar refractivity (Wildman–Crippen MR) is 271 cm³/mol. The SMILES string of the molecule is c1ccc(-c2cc(-c3cccc(-c4cccc(-c5nc(-c6ccccc6)nc(-c6cccc7c6C(c6ccccc6)(c6ccccc6)c6ccccc6-7)n5)c4)c3)nc(-c3ccccc3)n2)cc1. The Morgan fingerprint density at radius 2 is 0.627 bits per heavy atom. The topological polar surface area (TPSA) is 64.5 Å². The highest BCUT2D eigenvalue weighted by molar-refractivity contribution is 5.92. The first-order chi connectivity index (χ1) is 33.2. The van der Waals surface area contributed by atoms with Gasteiger partial charge in [0.25, 0.3) is 0 Å². The molecule has 0 atom stereocenters. The quantitative estimate of drug-likeness (QED) is 0.145. The lowest BCUT2D eigenvalue weighted by Gasteiger charge is -2.35. The second-order valence-electron chi connectivity index (χ2n) is 16.8. The van der Waals surface area contributed by atoms with Gasteiger partial charge in [0.15, 0.2) is 23.3 Å². The zero-order valence-corrected chi connectivity index (χ0v) is 36.4. The van der Waals surface area contributed by atoms with Gasteiger partial charge in [0, 0.05) is 33.4 Å². The molecule has 5 heteroatoms. The van der Waals surface area contributed by atoms with Crippen molar-refractivity contribution in [3.05, 3.63) is 271 Å². The van der Waals surface area contributed by atoms with E-state index in [4.69, 9.17) is 24.9 Å². The smallest absolute Gasteiger partial charge is 0.164 e. The van der Waals surface area contributed by atoms with Crippen LogP contribution in [-0.2, 0) is 5.41 Å². The van der Waals surface area contributed by atoms with Gasteiger partial charge >= 0.3 is 0 Å². The molecular weight excluding hydrogens is 815 g/mol. The molecule has 2 heterocycles. The number of nitrogens with zero attached hydrogens (tertiary/aromatic N) is 5. The van der Waals surface area contributed by atoms with Crippen LogP contribution in [0.15, 0.2) is 249 Å². The van der Waals surface area contributed by atoms with Gasteiger partial charge in [0.05, 0.1) is 16.8 Å². The van der Waals surface area contributed by atoms with Gasteiger partial charge in [-0.15, -0.1) is 0 Å². The second-order valence-corrected chi connectivity index (χ2v) is 16.8. The normalized spacial score (nSPS) is 12.3. The minimum Gasteiger partial charge on any atom is -0.228 e. The Balaban J connectivity index is 1.01. The summed E-state index contributed by atoms with van der Waals surface area (Å²) in [5, 5.41) is 0. The Kier molecular flexibility index (Phi) is 9.99. The van der Waals surface area contributed by atoms with E-state index in [1.807, 2.05) is 54.6 Å². The lowest BCUT2D eigenvalue weighted by atomic mass is 9.66. The van der Waals surface area contributed by atoms with Crippen LogP contribution in [0.4, 0.5) is 0 Å². The first-order valence-electron chi connectivity index (χ1n) is 22.6. The highest BCUT2D eigenvalue weighted by Gasteiger charge is 2.47. The van der Waals surface area contributed by atoms with Crippen LogP contribution in [0.5, 0.6) is 0 Å². The first-order valence-corrected chi connectivity index (χ1v) is 22.6. The molecule has 0 amide bonds. The van der Waals surface area contributed by atoms with Crippen molar-refractivity contribution in [3.8, 4) is 90.3 Å². The minimum absolute atomic E-state index is 0.593. The van der Waals surface area contributed by atoms with Crippen LogP contribution >= 0.6 is 0 Å². The third-order valence-electron chi connectivity index (χ3n) is 12.8. The van der Waals surface area contributed by atoms with Crippen LogP contribution in [-0.4, -0.2) is 24.9 Å². The second kappa shape index (κ2) is 16.9. The van der Waals surface area contributed by atoms with Crippen molar-refractivity contribution in [2.75, 3.05) is 0 Å². The summed E-state index contributed by atoms with van der Waals surface area (Å²) in [5.74, 6) is 2.50. The van der Waals surface area contributed by atoms with E-state index < -0.39 is 5.41 Å². The number of rotatable bonds is 9. The minimum atomic E-state index is -0.636. The van der Waals surface area contributed by atoms with E-state index in [9.17, 15) is 0 Å². The Hall–Kier alpha value is -8.93. The first kappa shape index (κ1) is 39.6. The molecular formula is C62H41N5. The van der Waals surface area contributed by atoms with Gasteiger partial charge < -0.3 is 0 Å². The van der Waals surface area contributed by atoms with Crippen LogP contribution in [0, 0.1) is 0 Å². The van der Waals surface area contributed by atoms with E-state index in [2.05, 4.69) is 194 Å². The van der Waals surface area contributed by atoms with Gasteiger partial charge in [-0.2, -0.15) is 0 Å². The molecule has 5 nitrogen and oxygen atoms in total. The highest BCUT2D eigenvalue weighted by atomic mass is 15.0. The summed E-state index contributed by atoms with van der Waals surface area (Å²) in [5.41, 5.74) is 16.0. The number of hydrogen-bond acceptors (Lipinski definition) is 5. The van der Waals surface area contributed by atoms with Crippen molar-refractivity contribution in [2.45, 2.75) is 5.41 Å². The number of benzene rings is 9. The predicted octanol–water partition coefficient (Wildman–Crippen LogP) is 14.7. The zero-order chi connectivity index (χ0) is 44.6. The van der Waals surface area contributed by atoms with Crippen molar-refractivity contribution in [1.82, 2.24) is 24.9 Å². The Morgan fingerprint density at radius 1 is 0.239 bits per heavy atom. The van der Waals surface area contributed by atoms with Crippen LogP contribution in [0.2, 0.25) is 0 Å². The Labute approximate surface area is 389 Å². The van der Waals surface area contributed by atoms with Gasteiger partial charge in [-0.05, 0) is 62.7 Å². The maximum absolute atomic E-state index is 5.43. The number of aromatic nitrogens is 5. The molecule has 0 radical (unpaired) electrons. The highest BCUT2D eigenvalue weighted by Crippen LogP contribution is 2.58. The molecule has 0 aliphatic heterocycles. The van der Waals surface area contributed by atoms with Gasteiger partial charge in [-0.3, -0.25) is 0 Å². The third-order valence-corrected chi connectivity index (χ3v) is 12.8. The van der Waals surface area contributed by atoms with Crippen LogP contribution < -0.4 is 0 Å². The average molecular weight is 856 g/mol. The maximum Gasteiger partial charge on any atom is 0.164 e. The van der Waals surface area contributed by atoms with E-state index in [1.54, 1.807) is 0 Å². The summed E-state index contributed by atoms with van der Waals surface area (Å²) in [4.78, 5) is 26.1. The van der Waals surface area contributed by atoms with Crippen molar-refractivity contribution < 1.29 is 0 Å². The van der Waals surface area contributed by atoms with E-state index in [-0.39, 0.29) is 0 Å². The Morgan fingerprint density at radius 3 is 1.24 bits per heavy atom. The Bertz CT molecular complexity index is 3460. The molecule has 314 valence electrons. The molecule has 67 heavy (non-hydrogen) atoms. The van der Waals surface area contributed by atoms with Crippen LogP contribution in [0.25, 0.3) is 90.3 Å². The molecule has 0 spiro atoms. The van der Waals surface area contributed by atoms with Crippen molar-refractivity contribution in [1.29, 1.82) is 0 Å². The summed E-state index contributed by atoms with van der Waals surface area (Å²) >= 11 is 0. The molecule has 0 fully saturated rings. The largest absolute Gasteiger partial charge is 0.228 e. The molecule has 0 N–H and O–H groups in total. The standard InChI is InChI=1S/C62H41N5/c1-6-21-42(22-7-1)55-41-56(64-58(63-55)43-23-8-2-9-24-43)47-29-18-27-45(39-47)46-28-19-30-48(40-46)60-65-59(44-25-10-3-11-26-44)66-61(67-60)53-37-20-36-52-51-35-16-17-38-54(51)62(57(52)53,49-31-12-4-13-32-49)50-33-14-5-15-34-50/h1-41H. The monoisotopic (exact) mass is 855 g/mol. The molecule has 9 aromatic carbocycles. The average Bonchev–Trinajstić information content (AvgIpc) is 3.73. The van der Waals surface area contributed by atoms with Gasteiger partial charge in [-0.1, -0.05) is 231 Å². The molecule has 1 aliphatic rings. The van der Waals surface area contributed by atoms with E-state index in [1.165, 1.54) is 27.8 Å². The van der Waals surface area contributed by atoms with Gasteiger partial charge in [-0.25, -0.2) is 24.9 Å². The number of hydrogen-bond donors (Lipinski definition) is 0. The van der Waals surface area contributed by atoms with E-state index >= 15 is 0 Å². The lowest BCUT2D eigenvalue weighted by molar-refractivity contribution is 0.769. The molecule has 0 bridgehead atoms. The summed E-state index contributed by atoms with van der Waals surface area (Å²) in [6, 6.07) is 86.9. The van der Waals surface area contributed by atoms with Gasteiger partial charge in [0.1, 0.15) is 0 Å². The summed E-state index contributed by atoms with van der Waals surface area (Å²) < 4.78 is 0. The van der Waals surface area contributed by atoms with Gasteiger partial charge in [0.2, 0.25) is 0 Å². The third kappa shape index (κ3) is 7.11. The molecule has 0 unspecified atom stereocenters. The summed E-state index contributed by atoms with van der Waals surface area (Å²) in [6.07, 6.45) is 0. The fourth-order valence-corrected chi connectivity index (χ4v) is 9.80. The summed E-state index contributed by atoms with van der Waals surface area (Å²) in [6.45, 7) is 0. The molecule has 2 aromatic heterocycles. The van der Waals surface area contributed by atoms with Crippen LogP contribution in [0.1, 0.15) is 22.3 Å². The van der Waals surface area contributed by atoms with E-state index in [0.717, 1.165) is 61.5 Å². The van der Waals surface area contributed by atoms with Crippen molar-refractivity contribution >= 4 is 0 Å². The number of fused-ring (bicyclic) bond motifs is 3. The molecule has 12 rings (SSSR count). The van der Waals surface area contributed by atoms with Crippen molar-refractivity contribution in [2.24, 2.45) is 0 Å². The van der Waals surface area contributed by atoms with E-state index in [0.29, 0.717) is 23.3 Å². The van der Waals surface area contributed by atoms with Crippen molar-refractivity contribution in [3.63, 3.8) is 0 Å². The summed E-state index contributed by atoms with van der Waals surface area (Å²) in [7, 11) is 0. The fourth-order valence-electron chi connectivity index (χ4n) is 9.80. The molecule has 0 saturated heterocycles. The lowest BCUT2D eigenvalue weighted by Crippen LogP contribution is -2.29. The molecule has 11 aromatic rings. The maximum atomic E-state index is 5.43. The molecule has 1 aliphatic carbocycles.